The molecule has 0 amide bonds. The van der Waals surface area contributed by atoms with Gasteiger partial charge in [-0.2, -0.15) is 5.10 Å². The van der Waals surface area contributed by atoms with Crippen molar-refractivity contribution in [2.75, 3.05) is 0 Å². The summed E-state index contributed by atoms with van der Waals surface area (Å²) in [5.41, 5.74) is 6.14. The van der Waals surface area contributed by atoms with Gasteiger partial charge in [-0.05, 0) is 57.0 Å². The number of hydrogen-bond donors (Lipinski definition) is 0. The maximum absolute atomic E-state index is 13.0. The van der Waals surface area contributed by atoms with Crippen molar-refractivity contribution in [3.63, 3.8) is 0 Å². The number of fused-ring (bicyclic) bond motifs is 1. The molecule has 4 rings (SSSR count). The molecule has 1 aromatic carbocycles. The maximum Gasteiger partial charge on any atom is 0.264 e. The highest BCUT2D eigenvalue weighted by molar-refractivity contribution is 5.97. The van der Waals surface area contributed by atoms with Crippen LogP contribution in [0.1, 0.15) is 32.9 Å². The van der Waals surface area contributed by atoms with E-state index in [2.05, 4.69) is 46.7 Å². The largest absolute Gasteiger partial charge is 0.318 e. The third-order valence-electron chi connectivity index (χ3n) is 5.51. The second-order valence-electron chi connectivity index (χ2n) is 7.50. The summed E-state index contributed by atoms with van der Waals surface area (Å²) in [7, 11) is 1.73. The Morgan fingerprint density at radius 2 is 1.83 bits per heavy atom. The van der Waals surface area contributed by atoms with Gasteiger partial charge in [0.25, 0.3) is 5.56 Å². The van der Waals surface area contributed by atoms with Crippen molar-refractivity contribution in [3.8, 4) is 5.69 Å². The van der Waals surface area contributed by atoms with Crippen LogP contribution in [0.5, 0.6) is 0 Å². The average molecular weight is 389 g/mol. The van der Waals surface area contributed by atoms with Crippen LogP contribution < -0.4 is 5.56 Å². The minimum atomic E-state index is -0.264. The van der Waals surface area contributed by atoms with E-state index in [4.69, 9.17) is 0 Å². The summed E-state index contributed by atoms with van der Waals surface area (Å²) in [6.45, 7) is 8.00. The van der Waals surface area contributed by atoms with Gasteiger partial charge in [0.2, 0.25) is 0 Å². The summed E-state index contributed by atoms with van der Waals surface area (Å²) in [5, 5.41) is 4.47. The third kappa shape index (κ3) is 3.08. The lowest BCUT2D eigenvalue weighted by atomic mass is 10.1. The van der Waals surface area contributed by atoms with Crippen LogP contribution in [0.15, 0.2) is 41.6 Å². The van der Waals surface area contributed by atoms with E-state index >= 15 is 0 Å². The van der Waals surface area contributed by atoms with Gasteiger partial charge in [-0.1, -0.05) is 6.07 Å². The molecule has 0 bridgehead atoms. The number of carbonyl (C=O) groups excluding carboxylic acids is 1. The monoisotopic (exact) mass is 389 g/mol. The van der Waals surface area contributed by atoms with Gasteiger partial charge in [-0.15, -0.1) is 0 Å². The van der Waals surface area contributed by atoms with Gasteiger partial charge in [0.15, 0.2) is 11.4 Å². The first-order valence-corrected chi connectivity index (χ1v) is 9.45. The molecular weight excluding hydrogens is 366 g/mol. The van der Waals surface area contributed by atoms with E-state index in [-0.39, 0.29) is 17.9 Å². The highest BCUT2D eigenvalue weighted by atomic mass is 16.1. The van der Waals surface area contributed by atoms with Crippen LogP contribution in [-0.2, 0) is 13.6 Å². The molecule has 0 N–H and O–H groups in total. The molecule has 4 aromatic rings. The van der Waals surface area contributed by atoms with Crippen molar-refractivity contribution in [3.05, 3.63) is 75.2 Å². The molecule has 0 atom stereocenters. The second kappa shape index (κ2) is 6.84. The molecule has 0 spiro atoms. The van der Waals surface area contributed by atoms with Gasteiger partial charge < -0.3 is 4.57 Å². The van der Waals surface area contributed by atoms with Crippen LogP contribution in [0.4, 0.5) is 0 Å². The molecule has 7 nitrogen and oxygen atoms in total. The predicted molar refractivity (Wildman–Crippen MR) is 112 cm³/mol. The third-order valence-corrected chi connectivity index (χ3v) is 5.51. The Morgan fingerprint density at radius 3 is 2.55 bits per heavy atom. The fourth-order valence-electron chi connectivity index (χ4n) is 3.73. The van der Waals surface area contributed by atoms with Crippen molar-refractivity contribution in [1.29, 1.82) is 0 Å². The average Bonchev–Trinajstić information content (AvgIpc) is 3.20. The van der Waals surface area contributed by atoms with E-state index in [1.165, 1.54) is 28.2 Å². The lowest BCUT2D eigenvalue weighted by molar-refractivity contribution is 0.0970. The Hall–Kier alpha value is -3.48. The molecule has 7 heteroatoms. The van der Waals surface area contributed by atoms with Gasteiger partial charge in [-0.25, -0.2) is 4.98 Å². The number of rotatable bonds is 4. The Kier molecular flexibility index (Phi) is 4.45. The number of Topliss-reactive ketones (excluding diaryl/α,β-unsaturated/α-hetero) is 1. The number of benzene rings is 1. The number of ketones is 1. The number of aromatic nitrogens is 5. The molecule has 0 aliphatic carbocycles. The lowest BCUT2D eigenvalue weighted by Gasteiger charge is -2.12. The van der Waals surface area contributed by atoms with E-state index in [9.17, 15) is 9.59 Å². The van der Waals surface area contributed by atoms with Gasteiger partial charge in [0.1, 0.15) is 11.7 Å². The van der Waals surface area contributed by atoms with Crippen molar-refractivity contribution in [2.45, 2.75) is 34.2 Å². The molecule has 0 fully saturated rings. The number of hydrogen-bond acceptors (Lipinski definition) is 4. The zero-order chi connectivity index (χ0) is 20.9. The first-order valence-electron chi connectivity index (χ1n) is 9.45. The molecule has 3 aromatic heterocycles. The summed E-state index contributed by atoms with van der Waals surface area (Å²) in [4.78, 5) is 30.0. The summed E-state index contributed by atoms with van der Waals surface area (Å²) < 4.78 is 4.96. The van der Waals surface area contributed by atoms with Crippen LogP contribution in [0.3, 0.4) is 0 Å². The van der Waals surface area contributed by atoms with E-state index in [1.807, 2.05) is 19.9 Å². The number of nitrogens with zero attached hydrogens (tertiary/aromatic N) is 5. The molecule has 0 radical (unpaired) electrons. The molecule has 0 saturated carbocycles. The minimum Gasteiger partial charge on any atom is -0.318 e. The highest BCUT2D eigenvalue weighted by Gasteiger charge is 2.18. The van der Waals surface area contributed by atoms with Crippen LogP contribution in [-0.4, -0.2) is 29.7 Å². The zero-order valence-corrected chi connectivity index (χ0v) is 17.2. The number of carbonyl (C=O) groups is 1. The smallest absolute Gasteiger partial charge is 0.264 e. The summed E-state index contributed by atoms with van der Waals surface area (Å²) >= 11 is 0. The molecule has 3 heterocycles. The fourth-order valence-corrected chi connectivity index (χ4v) is 3.73. The Morgan fingerprint density at radius 1 is 1.07 bits per heavy atom. The van der Waals surface area contributed by atoms with E-state index in [0.717, 1.165) is 17.1 Å². The number of aryl methyl sites for hydroxylation is 4. The van der Waals surface area contributed by atoms with E-state index in [1.54, 1.807) is 11.7 Å². The minimum absolute atomic E-state index is 0.0616. The highest BCUT2D eigenvalue weighted by Crippen LogP contribution is 2.23. The standard InChI is InChI=1S/C22H23N5O2/c1-13-6-7-17(8-14(13)2)27-15(3)9-18(16(27)4)20(28)11-26-12-23-21-19(22(26)29)10-24-25(21)5/h6-10,12H,11H2,1-5H3. The van der Waals surface area contributed by atoms with Crippen molar-refractivity contribution >= 4 is 16.8 Å². The molecule has 29 heavy (non-hydrogen) atoms. The summed E-state index contributed by atoms with van der Waals surface area (Å²) in [5.74, 6) is -0.125. The first-order chi connectivity index (χ1) is 13.8. The van der Waals surface area contributed by atoms with Crippen LogP contribution in [0, 0.1) is 27.7 Å². The topological polar surface area (TPSA) is 74.7 Å². The molecule has 0 unspecified atom stereocenters. The molecule has 148 valence electrons. The summed E-state index contributed by atoms with van der Waals surface area (Å²) in [6, 6.07) is 8.14. The lowest BCUT2D eigenvalue weighted by Crippen LogP contribution is -2.24. The molecule has 0 aliphatic heterocycles. The van der Waals surface area contributed by atoms with Crippen molar-refractivity contribution in [1.82, 2.24) is 23.9 Å². The molecule has 0 aliphatic rings. The van der Waals surface area contributed by atoms with Crippen molar-refractivity contribution < 1.29 is 4.79 Å². The maximum atomic E-state index is 13.0. The van der Waals surface area contributed by atoms with Crippen LogP contribution in [0.25, 0.3) is 16.7 Å². The predicted octanol–water partition coefficient (Wildman–Crippen LogP) is 3.04. The van der Waals surface area contributed by atoms with Crippen molar-refractivity contribution in [2.24, 2.45) is 7.05 Å². The summed E-state index contributed by atoms with van der Waals surface area (Å²) in [6.07, 6.45) is 2.89. The zero-order valence-electron chi connectivity index (χ0n) is 17.2. The van der Waals surface area contributed by atoms with Crippen LogP contribution >= 0.6 is 0 Å². The SMILES string of the molecule is Cc1ccc(-n2c(C)cc(C(=O)Cn3cnc4c(cnn4C)c3=O)c2C)cc1C. The molecular formula is C22H23N5O2. The Labute approximate surface area is 168 Å². The van der Waals surface area contributed by atoms with Gasteiger partial charge in [0.05, 0.1) is 12.7 Å². The normalized spacial score (nSPS) is 11.3. The van der Waals surface area contributed by atoms with Gasteiger partial charge in [0, 0.05) is 29.7 Å². The second-order valence-corrected chi connectivity index (χ2v) is 7.50. The van der Waals surface area contributed by atoms with Gasteiger partial charge >= 0.3 is 0 Å². The quantitative estimate of drug-likeness (QED) is 0.503. The van der Waals surface area contributed by atoms with E-state index in [0.29, 0.717) is 16.6 Å². The molecule has 0 saturated heterocycles. The Bertz CT molecular complexity index is 1320. The Balaban J connectivity index is 1.71. The van der Waals surface area contributed by atoms with Gasteiger partial charge in [-0.3, -0.25) is 18.8 Å². The van der Waals surface area contributed by atoms with Crippen LogP contribution in [0.2, 0.25) is 0 Å². The van der Waals surface area contributed by atoms with E-state index < -0.39 is 0 Å². The first kappa shape index (κ1) is 18.9. The fraction of sp³-hybridized carbons (Fsp3) is 0.273.